The Bertz CT molecular complexity index is 246. The van der Waals surface area contributed by atoms with Gasteiger partial charge >= 0.3 is 0 Å². The minimum atomic E-state index is -1.38. The number of aliphatic hydroxyl groups is 2. The zero-order valence-corrected chi connectivity index (χ0v) is 7.23. The van der Waals surface area contributed by atoms with Gasteiger partial charge in [0, 0.05) is 6.42 Å². The number of aliphatic hydroxyl groups excluding tert-OH is 1. The van der Waals surface area contributed by atoms with Crippen LogP contribution >= 0.6 is 0 Å². The van der Waals surface area contributed by atoms with Crippen LogP contribution in [0.25, 0.3) is 0 Å². The molecule has 0 heterocycles. The molecule has 5 heteroatoms. The first kappa shape index (κ1) is 10.0. The molecule has 1 atom stereocenters. The van der Waals surface area contributed by atoms with E-state index in [1.807, 2.05) is 0 Å². The number of hydrogen-bond acceptors (Lipinski definition) is 5. The van der Waals surface area contributed by atoms with Gasteiger partial charge in [0.1, 0.15) is 18.1 Å². The van der Waals surface area contributed by atoms with Gasteiger partial charge in [-0.25, -0.2) is 0 Å². The number of nitrogens with two attached hydrogens (primary N) is 2. The number of allylic oxidation sites excluding steroid dienone is 1. The second kappa shape index (κ2) is 3.78. The van der Waals surface area contributed by atoms with Crippen LogP contribution in [0.1, 0.15) is 6.42 Å². The first-order valence-electron chi connectivity index (χ1n) is 3.98. The normalized spacial score (nSPS) is 27.9. The van der Waals surface area contributed by atoms with Gasteiger partial charge in [0.15, 0.2) is 0 Å². The quantitative estimate of drug-likeness (QED) is 0.413. The molecule has 1 unspecified atom stereocenters. The summed E-state index contributed by atoms with van der Waals surface area (Å²) in [6, 6.07) is 0. The van der Waals surface area contributed by atoms with E-state index in [1.165, 1.54) is 12.2 Å². The summed E-state index contributed by atoms with van der Waals surface area (Å²) in [5, 5.41) is 17.9. The standard InChI is InChI=1S/C8H14N2O3/c9-6-5-8(10,12)2-1-7(6)13-4-3-11/h1-2,11-12H,3-5,9-10H2. The van der Waals surface area contributed by atoms with E-state index >= 15 is 0 Å². The number of rotatable bonds is 3. The molecule has 74 valence electrons. The molecule has 0 spiro atoms. The fourth-order valence-corrected chi connectivity index (χ4v) is 1.07. The Hall–Kier alpha value is -1.04. The van der Waals surface area contributed by atoms with Gasteiger partial charge in [0.25, 0.3) is 0 Å². The molecule has 0 fully saturated rings. The highest BCUT2D eigenvalue weighted by Crippen LogP contribution is 2.20. The van der Waals surface area contributed by atoms with Gasteiger partial charge < -0.3 is 20.7 Å². The van der Waals surface area contributed by atoms with Crippen LogP contribution in [0.5, 0.6) is 0 Å². The number of hydrogen-bond donors (Lipinski definition) is 4. The molecule has 0 saturated carbocycles. The van der Waals surface area contributed by atoms with Crippen molar-refractivity contribution in [2.75, 3.05) is 13.2 Å². The molecule has 0 aromatic rings. The maximum atomic E-state index is 9.36. The van der Waals surface area contributed by atoms with Gasteiger partial charge in [-0.2, -0.15) is 0 Å². The molecule has 6 N–H and O–H groups in total. The maximum Gasteiger partial charge on any atom is 0.138 e. The summed E-state index contributed by atoms with van der Waals surface area (Å²) in [7, 11) is 0. The minimum Gasteiger partial charge on any atom is -0.489 e. The number of ether oxygens (including phenoxy) is 1. The fourth-order valence-electron chi connectivity index (χ4n) is 1.07. The molecule has 0 aromatic carbocycles. The Morgan fingerprint density at radius 3 is 2.85 bits per heavy atom. The lowest BCUT2D eigenvalue weighted by atomic mass is 10.0. The summed E-state index contributed by atoms with van der Waals surface area (Å²) in [5.41, 5.74) is 10.00. The smallest absolute Gasteiger partial charge is 0.138 e. The van der Waals surface area contributed by atoms with Gasteiger partial charge in [-0.05, 0) is 12.2 Å². The van der Waals surface area contributed by atoms with E-state index in [-0.39, 0.29) is 19.6 Å². The molecule has 1 rings (SSSR count). The van der Waals surface area contributed by atoms with Crippen molar-refractivity contribution in [2.24, 2.45) is 11.5 Å². The van der Waals surface area contributed by atoms with Gasteiger partial charge in [0.2, 0.25) is 0 Å². The summed E-state index contributed by atoms with van der Waals surface area (Å²) in [5.74, 6) is 0.462. The highest BCUT2D eigenvalue weighted by Gasteiger charge is 2.24. The summed E-state index contributed by atoms with van der Waals surface area (Å²) in [6.07, 6.45) is 3.06. The van der Waals surface area contributed by atoms with Crippen LogP contribution in [-0.4, -0.2) is 29.2 Å². The SMILES string of the molecule is NC1=C(OCCO)C=CC(N)(O)C1. The highest BCUT2D eigenvalue weighted by atomic mass is 16.5. The van der Waals surface area contributed by atoms with E-state index in [9.17, 15) is 5.11 Å². The van der Waals surface area contributed by atoms with Crippen LogP contribution in [-0.2, 0) is 4.74 Å². The minimum absolute atomic E-state index is 0.0719. The molecular weight excluding hydrogens is 172 g/mol. The molecular formula is C8H14N2O3. The zero-order valence-electron chi connectivity index (χ0n) is 7.23. The van der Waals surface area contributed by atoms with Crippen LogP contribution in [0.4, 0.5) is 0 Å². The highest BCUT2D eigenvalue weighted by molar-refractivity contribution is 5.27. The maximum absolute atomic E-state index is 9.36. The Kier molecular flexibility index (Phi) is 2.92. The largest absolute Gasteiger partial charge is 0.489 e. The zero-order chi connectivity index (χ0) is 9.90. The van der Waals surface area contributed by atoms with Gasteiger partial charge in [0.05, 0.1) is 12.3 Å². The summed E-state index contributed by atoms with van der Waals surface area (Å²) >= 11 is 0. The van der Waals surface area contributed by atoms with Crippen molar-refractivity contribution in [1.82, 2.24) is 0 Å². The van der Waals surface area contributed by atoms with Crippen LogP contribution < -0.4 is 11.5 Å². The van der Waals surface area contributed by atoms with Crippen molar-refractivity contribution >= 4 is 0 Å². The summed E-state index contributed by atoms with van der Waals surface area (Å²) in [6.45, 7) is 0.112. The van der Waals surface area contributed by atoms with E-state index < -0.39 is 5.72 Å². The summed E-state index contributed by atoms with van der Waals surface area (Å²) < 4.78 is 5.09. The fraction of sp³-hybridized carbons (Fsp3) is 0.500. The molecule has 5 nitrogen and oxygen atoms in total. The molecule has 0 bridgehead atoms. The Morgan fingerprint density at radius 2 is 2.31 bits per heavy atom. The molecule has 13 heavy (non-hydrogen) atoms. The Labute approximate surface area is 76.3 Å². The lowest BCUT2D eigenvalue weighted by Gasteiger charge is -2.24. The van der Waals surface area contributed by atoms with Crippen molar-refractivity contribution in [3.63, 3.8) is 0 Å². The Morgan fingerprint density at radius 1 is 1.62 bits per heavy atom. The Balaban J connectivity index is 2.62. The van der Waals surface area contributed by atoms with Crippen molar-refractivity contribution in [3.8, 4) is 0 Å². The van der Waals surface area contributed by atoms with Crippen molar-refractivity contribution in [3.05, 3.63) is 23.6 Å². The molecule has 1 aliphatic rings. The van der Waals surface area contributed by atoms with E-state index in [4.69, 9.17) is 21.3 Å². The van der Waals surface area contributed by atoms with E-state index in [0.29, 0.717) is 11.5 Å². The molecule has 0 radical (unpaired) electrons. The molecule has 0 saturated heterocycles. The van der Waals surface area contributed by atoms with Crippen LogP contribution in [0.3, 0.4) is 0 Å². The van der Waals surface area contributed by atoms with Gasteiger partial charge in [-0.1, -0.05) is 0 Å². The third-order valence-electron chi connectivity index (χ3n) is 1.66. The molecule has 0 amide bonds. The first-order valence-corrected chi connectivity index (χ1v) is 3.98. The van der Waals surface area contributed by atoms with E-state index in [1.54, 1.807) is 0 Å². The van der Waals surface area contributed by atoms with Crippen LogP contribution in [0.2, 0.25) is 0 Å². The van der Waals surface area contributed by atoms with Crippen molar-refractivity contribution in [2.45, 2.75) is 12.1 Å². The third kappa shape index (κ3) is 2.73. The van der Waals surface area contributed by atoms with Crippen LogP contribution in [0, 0.1) is 0 Å². The second-order valence-electron chi connectivity index (χ2n) is 2.96. The molecule has 1 aliphatic carbocycles. The monoisotopic (exact) mass is 186 g/mol. The lowest BCUT2D eigenvalue weighted by molar-refractivity contribution is 0.0887. The van der Waals surface area contributed by atoms with Crippen molar-refractivity contribution in [1.29, 1.82) is 0 Å². The third-order valence-corrected chi connectivity index (χ3v) is 1.66. The lowest BCUT2D eigenvalue weighted by Crippen LogP contribution is -2.40. The second-order valence-corrected chi connectivity index (χ2v) is 2.96. The van der Waals surface area contributed by atoms with Gasteiger partial charge in [-0.15, -0.1) is 0 Å². The predicted molar refractivity (Wildman–Crippen MR) is 47.1 cm³/mol. The van der Waals surface area contributed by atoms with Crippen LogP contribution in [0.15, 0.2) is 23.6 Å². The van der Waals surface area contributed by atoms with Gasteiger partial charge in [-0.3, -0.25) is 5.73 Å². The first-order chi connectivity index (χ1) is 6.05. The predicted octanol–water partition coefficient (Wildman–Crippen LogP) is -1.23. The summed E-state index contributed by atoms with van der Waals surface area (Å²) in [4.78, 5) is 0. The molecule has 0 aromatic heterocycles. The van der Waals surface area contributed by atoms with E-state index in [0.717, 1.165) is 0 Å². The topological polar surface area (TPSA) is 102 Å². The van der Waals surface area contributed by atoms with Crippen molar-refractivity contribution < 1.29 is 14.9 Å². The molecule has 0 aliphatic heterocycles. The van der Waals surface area contributed by atoms with E-state index in [2.05, 4.69) is 0 Å². The average molecular weight is 186 g/mol. The average Bonchev–Trinajstić information content (AvgIpc) is 2.02.